The van der Waals surface area contributed by atoms with Crippen molar-refractivity contribution in [2.75, 3.05) is 25.5 Å². The molecule has 1 saturated heterocycles. The average Bonchev–Trinajstić information content (AvgIpc) is 2.66. The van der Waals surface area contributed by atoms with E-state index in [1.807, 2.05) is 48.5 Å². The first-order valence-electron chi connectivity index (χ1n) is 8.60. The minimum Gasteiger partial charge on any atom is -0.497 e. The van der Waals surface area contributed by atoms with Gasteiger partial charge in [0.05, 0.1) is 13.2 Å². The summed E-state index contributed by atoms with van der Waals surface area (Å²) in [4.78, 5) is 14.4. The molecule has 5 nitrogen and oxygen atoms in total. The molecule has 0 spiro atoms. The molecule has 0 radical (unpaired) electrons. The van der Waals surface area contributed by atoms with Gasteiger partial charge in [-0.25, -0.2) is 0 Å². The van der Waals surface area contributed by atoms with Gasteiger partial charge >= 0.3 is 0 Å². The fraction of sp³-hybridized carbons (Fsp3) is 0.350. The van der Waals surface area contributed by atoms with Gasteiger partial charge in [-0.3, -0.25) is 4.79 Å². The minimum atomic E-state index is -0.410. The van der Waals surface area contributed by atoms with E-state index in [1.54, 1.807) is 12.0 Å². The first-order chi connectivity index (χ1) is 12.2. The molecule has 0 bridgehead atoms. The van der Waals surface area contributed by atoms with Crippen LogP contribution < -0.4 is 10.1 Å². The lowest BCUT2D eigenvalue weighted by Crippen LogP contribution is -2.42. The molecule has 25 heavy (non-hydrogen) atoms. The van der Waals surface area contributed by atoms with Gasteiger partial charge < -0.3 is 20.1 Å². The maximum atomic E-state index is 12.6. The highest BCUT2D eigenvalue weighted by molar-refractivity contribution is 5.95. The second-order valence-electron chi connectivity index (χ2n) is 6.33. The molecule has 1 atom stereocenters. The minimum absolute atomic E-state index is 0.0243. The number of nitrogens with zero attached hydrogens (tertiary/aromatic N) is 1. The maximum Gasteiger partial charge on any atom is 0.254 e. The summed E-state index contributed by atoms with van der Waals surface area (Å²) in [6.45, 7) is 1.77. The van der Waals surface area contributed by atoms with Crippen molar-refractivity contribution in [3.05, 3.63) is 59.7 Å². The summed E-state index contributed by atoms with van der Waals surface area (Å²) in [5, 5.41) is 13.1. The molecule has 0 aromatic heterocycles. The first kappa shape index (κ1) is 17.3. The molecule has 2 aromatic carbocycles. The zero-order valence-electron chi connectivity index (χ0n) is 14.4. The number of hydrogen-bond donors (Lipinski definition) is 2. The van der Waals surface area contributed by atoms with Crippen molar-refractivity contribution < 1.29 is 14.6 Å². The van der Waals surface area contributed by atoms with Crippen molar-refractivity contribution in [2.45, 2.75) is 25.5 Å². The first-order valence-corrected chi connectivity index (χ1v) is 8.60. The van der Waals surface area contributed by atoms with Gasteiger partial charge in [0.25, 0.3) is 5.91 Å². The van der Waals surface area contributed by atoms with E-state index >= 15 is 0 Å². The lowest BCUT2D eigenvalue weighted by Gasteiger charge is -2.30. The summed E-state index contributed by atoms with van der Waals surface area (Å²) in [5.74, 6) is 0.802. The highest BCUT2D eigenvalue weighted by Gasteiger charge is 2.23. The van der Waals surface area contributed by atoms with Crippen molar-refractivity contribution in [3.8, 4) is 5.75 Å². The summed E-state index contributed by atoms with van der Waals surface area (Å²) >= 11 is 0. The van der Waals surface area contributed by atoms with Crippen molar-refractivity contribution in [1.29, 1.82) is 0 Å². The van der Waals surface area contributed by atoms with E-state index < -0.39 is 6.10 Å². The van der Waals surface area contributed by atoms with E-state index in [1.165, 1.54) is 0 Å². The van der Waals surface area contributed by atoms with Crippen molar-refractivity contribution in [3.63, 3.8) is 0 Å². The number of amides is 1. The summed E-state index contributed by atoms with van der Waals surface area (Å²) in [6.07, 6.45) is 1.21. The van der Waals surface area contributed by atoms with Gasteiger partial charge in [-0.2, -0.15) is 0 Å². The van der Waals surface area contributed by atoms with Gasteiger partial charge in [-0.1, -0.05) is 18.2 Å². The Hall–Kier alpha value is -2.53. The number of aliphatic hydroxyl groups excluding tert-OH is 1. The Morgan fingerprint density at radius 2 is 2.12 bits per heavy atom. The second-order valence-corrected chi connectivity index (χ2v) is 6.33. The fourth-order valence-electron chi connectivity index (χ4n) is 3.07. The van der Waals surface area contributed by atoms with Crippen LogP contribution in [0.5, 0.6) is 5.75 Å². The molecule has 0 saturated carbocycles. The molecule has 5 heteroatoms. The third-order valence-electron chi connectivity index (χ3n) is 4.42. The van der Waals surface area contributed by atoms with Crippen LogP contribution in [-0.2, 0) is 6.54 Å². The van der Waals surface area contributed by atoms with E-state index in [9.17, 15) is 9.90 Å². The second kappa shape index (κ2) is 8.03. The summed E-state index contributed by atoms with van der Waals surface area (Å²) in [7, 11) is 1.65. The van der Waals surface area contributed by atoms with E-state index in [2.05, 4.69) is 5.32 Å². The van der Waals surface area contributed by atoms with Crippen LogP contribution in [0.1, 0.15) is 28.8 Å². The van der Waals surface area contributed by atoms with E-state index in [0.717, 1.165) is 29.8 Å². The normalized spacial score (nSPS) is 17.2. The number of likely N-dealkylation sites (tertiary alicyclic amines) is 1. The van der Waals surface area contributed by atoms with Crippen LogP contribution in [0.25, 0.3) is 0 Å². The lowest BCUT2D eigenvalue weighted by atomic mass is 10.1. The van der Waals surface area contributed by atoms with Crippen LogP contribution in [0.15, 0.2) is 48.5 Å². The number of carbonyl (C=O) groups is 1. The zero-order valence-corrected chi connectivity index (χ0v) is 14.4. The Morgan fingerprint density at radius 1 is 1.28 bits per heavy atom. The van der Waals surface area contributed by atoms with Crippen molar-refractivity contribution in [2.24, 2.45) is 0 Å². The number of rotatable bonds is 5. The molecule has 3 rings (SSSR count). The van der Waals surface area contributed by atoms with E-state index in [4.69, 9.17) is 4.74 Å². The van der Waals surface area contributed by atoms with Crippen LogP contribution in [-0.4, -0.2) is 42.2 Å². The number of β-amino-alcohol motifs (C(OH)–C–C–N with tert-alkyl or cyclic N) is 1. The molecule has 1 aliphatic heterocycles. The van der Waals surface area contributed by atoms with Gasteiger partial charge in [0, 0.05) is 30.9 Å². The highest BCUT2D eigenvalue weighted by Crippen LogP contribution is 2.18. The van der Waals surface area contributed by atoms with Crippen LogP contribution in [0, 0.1) is 0 Å². The standard InChI is InChI=1S/C20H24N2O3/c1-25-19-9-2-5-15(11-19)13-21-17-7-3-6-16(12-17)20(24)22-10-4-8-18(23)14-22/h2-3,5-7,9,11-12,18,21,23H,4,8,10,13-14H2,1H3. The highest BCUT2D eigenvalue weighted by atomic mass is 16.5. The van der Waals surface area contributed by atoms with Gasteiger partial charge in [-0.15, -0.1) is 0 Å². The van der Waals surface area contributed by atoms with Gasteiger partial charge in [0.2, 0.25) is 0 Å². The number of piperidine rings is 1. The number of aliphatic hydroxyl groups is 1. The molecule has 1 fully saturated rings. The number of methoxy groups -OCH3 is 1. The Kier molecular flexibility index (Phi) is 5.56. The molecule has 0 aliphatic carbocycles. The Morgan fingerprint density at radius 3 is 2.92 bits per heavy atom. The molecule has 1 aliphatic rings. The SMILES string of the molecule is COc1cccc(CNc2cccc(C(=O)N3CCCC(O)C3)c2)c1. The van der Waals surface area contributed by atoms with Crippen molar-refractivity contribution >= 4 is 11.6 Å². The predicted molar refractivity (Wildman–Crippen MR) is 97.9 cm³/mol. The molecular formula is C20H24N2O3. The molecule has 132 valence electrons. The van der Waals surface area contributed by atoms with Crippen LogP contribution in [0.3, 0.4) is 0 Å². The Balaban J connectivity index is 1.65. The van der Waals surface area contributed by atoms with Gasteiger partial charge in [-0.05, 0) is 48.7 Å². The number of anilines is 1. The zero-order chi connectivity index (χ0) is 17.6. The number of benzene rings is 2. The molecule has 1 amide bonds. The van der Waals surface area contributed by atoms with Crippen molar-refractivity contribution in [1.82, 2.24) is 4.90 Å². The van der Waals surface area contributed by atoms with Crippen LogP contribution >= 0.6 is 0 Å². The molecule has 2 N–H and O–H groups in total. The number of carbonyl (C=O) groups excluding carboxylic acids is 1. The van der Waals surface area contributed by atoms with Gasteiger partial charge in [0.1, 0.15) is 5.75 Å². The topological polar surface area (TPSA) is 61.8 Å². The predicted octanol–water partition coefficient (Wildman–Crippen LogP) is 2.90. The van der Waals surface area contributed by atoms with Crippen LogP contribution in [0.2, 0.25) is 0 Å². The molecule has 1 heterocycles. The Bertz CT molecular complexity index is 732. The third-order valence-corrected chi connectivity index (χ3v) is 4.42. The summed E-state index contributed by atoms with van der Waals surface area (Å²) in [6, 6.07) is 15.4. The summed E-state index contributed by atoms with van der Waals surface area (Å²) < 4.78 is 5.23. The third kappa shape index (κ3) is 4.51. The van der Waals surface area contributed by atoms with E-state index in [0.29, 0.717) is 25.2 Å². The number of hydrogen-bond acceptors (Lipinski definition) is 4. The van der Waals surface area contributed by atoms with E-state index in [-0.39, 0.29) is 5.91 Å². The molecule has 1 unspecified atom stereocenters. The maximum absolute atomic E-state index is 12.6. The largest absolute Gasteiger partial charge is 0.497 e. The molecular weight excluding hydrogens is 316 g/mol. The number of nitrogens with one attached hydrogen (secondary N) is 1. The molecule has 2 aromatic rings. The summed E-state index contributed by atoms with van der Waals surface area (Å²) in [5.41, 5.74) is 2.64. The quantitative estimate of drug-likeness (QED) is 0.879. The number of ether oxygens (including phenoxy) is 1. The lowest BCUT2D eigenvalue weighted by molar-refractivity contribution is 0.0474. The van der Waals surface area contributed by atoms with Crippen LogP contribution in [0.4, 0.5) is 5.69 Å². The monoisotopic (exact) mass is 340 g/mol. The fourth-order valence-corrected chi connectivity index (χ4v) is 3.07. The smallest absolute Gasteiger partial charge is 0.254 e. The Labute approximate surface area is 148 Å². The average molecular weight is 340 g/mol. The van der Waals surface area contributed by atoms with Gasteiger partial charge in [0.15, 0.2) is 0 Å².